The van der Waals surface area contributed by atoms with Gasteiger partial charge in [-0.15, -0.1) is 11.3 Å². The summed E-state index contributed by atoms with van der Waals surface area (Å²) < 4.78 is 6.02. The van der Waals surface area contributed by atoms with Gasteiger partial charge >= 0.3 is 0 Å². The Morgan fingerprint density at radius 2 is 2.06 bits per heavy atom. The molecule has 1 atom stereocenters. The summed E-state index contributed by atoms with van der Waals surface area (Å²) in [4.78, 5) is 38.7. The number of rotatable bonds is 6. The maximum atomic E-state index is 13.2. The number of hydrogen-bond donors (Lipinski definition) is 3. The highest BCUT2D eigenvalue weighted by molar-refractivity contribution is 7.14. The number of anilines is 3. The van der Waals surface area contributed by atoms with Crippen molar-refractivity contribution in [1.29, 1.82) is 0 Å². The highest BCUT2D eigenvalue weighted by Crippen LogP contribution is 2.33. The number of amides is 2. The standard InChI is InChI=1S/C25H27N7O3S/c33-23(29-20-13-28-6-4-22(20)31-9-7-26-8-10-31)21-15-36-25(30-21)32-14-16-1-2-17(11-19(16)24(32)34)35-18-3-5-27-12-18/h1-2,4,6,11,13,15,18,26-27H,3,5,7-10,12,14H2,(H,29,33). The molecule has 0 bridgehead atoms. The van der Waals surface area contributed by atoms with Gasteiger partial charge in [0, 0.05) is 49.9 Å². The topological polar surface area (TPSA) is 112 Å². The van der Waals surface area contributed by atoms with Crippen LogP contribution < -0.4 is 30.5 Å². The van der Waals surface area contributed by atoms with Crippen molar-refractivity contribution in [3.63, 3.8) is 0 Å². The molecule has 3 aliphatic rings. The first-order valence-corrected chi connectivity index (χ1v) is 13.0. The predicted octanol–water partition coefficient (Wildman–Crippen LogP) is 2.10. The molecule has 11 heteroatoms. The second-order valence-electron chi connectivity index (χ2n) is 9.04. The minimum absolute atomic E-state index is 0.127. The number of aromatic nitrogens is 2. The van der Waals surface area contributed by atoms with E-state index in [-0.39, 0.29) is 23.6 Å². The van der Waals surface area contributed by atoms with Crippen molar-refractivity contribution in [2.45, 2.75) is 19.1 Å². The monoisotopic (exact) mass is 505 g/mol. The first kappa shape index (κ1) is 22.9. The third kappa shape index (κ3) is 4.52. The fourth-order valence-electron chi connectivity index (χ4n) is 4.77. The molecular formula is C25H27N7O3S. The Morgan fingerprint density at radius 3 is 2.89 bits per heavy atom. The number of benzene rings is 1. The summed E-state index contributed by atoms with van der Waals surface area (Å²) in [6, 6.07) is 7.58. The Balaban J connectivity index is 1.15. The molecular weight excluding hydrogens is 478 g/mol. The molecule has 0 saturated carbocycles. The highest BCUT2D eigenvalue weighted by Gasteiger charge is 2.32. The summed E-state index contributed by atoms with van der Waals surface area (Å²) in [5.41, 5.74) is 3.40. The van der Waals surface area contributed by atoms with Crippen LogP contribution in [0.2, 0.25) is 0 Å². The van der Waals surface area contributed by atoms with Crippen molar-refractivity contribution >= 4 is 39.7 Å². The van der Waals surface area contributed by atoms with Crippen LogP contribution in [0.5, 0.6) is 5.75 Å². The Kier molecular flexibility index (Phi) is 6.26. The largest absolute Gasteiger partial charge is 0.489 e. The number of piperazine rings is 1. The zero-order chi connectivity index (χ0) is 24.5. The van der Waals surface area contributed by atoms with E-state index in [0.717, 1.165) is 56.9 Å². The van der Waals surface area contributed by atoms with Gasteiger partial charge in [-0.05, 0) is 36.7 Å². The van der Waals surface area contributed by atoms with E-state index in [2.05, 4.69) is 30.8 Å². The second-order valence-corrected chi connectivity index (χ2v) is 9.88. The van der Waals surface area contributed by atoms with Gasteiger partial charge in [-0.1, -0.05) is 6.07 Å². The maximum Gasteiger partial charge on any atom is 0.275 e. The van der Waals surface area contributed by atoms with Crippen LogP contribution >= 0.6 is 11.3 Å². The van der Waals surface area contributed by atoms with Crippen LogP contribution in [0.1, 0.15) is 32.8 Å². The molecule has 3 aromatic rings. The van der Waals surface area contributed by atoms with E-state index < -0.39 is 0 Å². The minimum atomic E-state index is -0.327. The molecule has 3 aliphatic heterocycles. The smallest absolute Gasteiger partial charge is 0.275 e. The summed E-state index contributed by atoms with van der Waals surface area (Å²) in [6.07, 6.45) is 4.47. The van der Waals surface area contributed by atoms with Gasteiger partial charge < -0.3 is 25.6 Å². The van der Waals surface area contributed by atoms with Gasteiger partial charge in [0.2, 0.25) is 0 Å². The molecule has 2 saturated heterocycles. The molecule has 6 rings (SSSR count). The van der Waals surface area contributed by atoms with E-state index in [4.69, 9.17) is 4.74 Å². The summed E-state index contributed by atoms with van der Waals surface area (Å²) in [6.45, 7) is 5.68. The number of ether oxygens (including phenoxy) is 1. The average Bonchev–Trinajstić information content (AvgIpc) is 3.66. The molecule has 36 heavy (non-hydrogen) atoms. The molecule has 1 unspecified atom stereocenters. The molecule has 186 valence electrons. The van der Waals surface area contributed by atoms with Crippen LogP contribution in [0.4, 0.5) is 16.5 Å². The number of pyridine rings is 1. The fourth-order valence-corrected chi connectivity index (χ4v) is 5.58. The lowest BCUT2D eigenvalue weighted by molar-refractivity contribution is 0.0991. The van der Waals surface area contributed by atoms with Crippen molar-refractivity contribution < 1.29 is 14.3 Å². The van der Waals surface area contributed by atoms with E-state index in [1.54, 1.807) is 22.7 Å². The van der Waals surface area contributed by atoms with Gasteiger partial charge in [-0.2, -0.15) is 0 Å². The van der Waals surface area contributed by atoms with Crippen molar-refractivity contribution in [2.75, 3.05) is 54.4 Å². The lowest BCUT2D eigenvalue weighted by Gasteiger charge is -2.30. The summed E-state index contributed by atoms with van der Waals surface area (Å²) >= 11 is 1.28. The first-order valence-electron chi connectivity index (χ1n) is 12.1. The highest BCUT2D eigenvalue weighted by atomic mass is 32.1. The predicted molar refractivity (Wildman–Crippen MR) is 138 cm³/mol. The van der Waals surface area contributed by atoms with Gasteiger partial charge in [0.25, 0.3) is 11.8 Å². The average molecular weight is 506 g/mol. The van der Waals surface area contributed by atoms with Crippen molar-refractivity contribution in [2.24, 2.45) is 0 Å². The van der Waals surface area contributed by atoms with Crippen molar-refractivity contribution in [3.05, 3.63) is 58.9 Å². The lowest BCUT2D eigenvalue weighted by atomic mass is 10.1. The number of nitrogens with one attached hydrogen (secondary N) is 3. The molecule has 2 aromatic heterocycles. The fraction of sp³-hybridized carbons (Fsp3) is 0.360. The van der Waals surface area contributed by atoms with Crippen LogP contribution in [-0.2, 0) is 6.54 Å². The Hall–Kier alpha value is -3.54. The molecule has 10 nitrogen and oxygen atoms in total. The number of carbonyl (C=O) groups excluding carboxylic acids is 2. The molecule has 0 radical (unpaired) electrons. The van der Waals surface area contributed by atoms with E-state index in [1.807, 2.05) is 24.3 Å². The van der Waals surface area contributed by atoms with E-state index in [1.165, 1.54) is 11.3 Å². The van der Waals surface area contributed by atoms with Gasteiger partial charge in [0.15, 0.2) is 5.13 Å². The molecule has 2 fully saturated rings. The van der Waals surface area contributed by atoms with Gasteiger partial charge in [-0.25, -0.2) is 4.98 Å². The number of carbonyl (C=O) groups is 2. The normalized spacial score (nSPS) is 19.4. The summed E-state index contributed by atoms with van der Waals surface area (Å²) in [5, 5.41) is 11.7. The zero-order valence-corrected chi connectivity index (χ0v) is 20.5. The van der Waals surface area contributed by atoms with Crippen LogP contribution in [0.3, 0.4) is 0 Å². The number of thiazole rings is 1. The van der Waals surface area contributed by atoms with Crippen molar-refractivity contribution in [1.82, 2.24) is 20.6 Å². The van der Waals surface area contributed by atoms with Crippen LogP contribution in [-0.4, -0.2) is 67.2 Å². The minimum Gasteiger partial charge on any atom is -0.489 e. The third-order valence-corrected chi connectivity index (χ3v) is 7.53. The molecule has 2 amide bonds. The van der Waals surface area contributed by atoms with E-state index >= 15 is 0 Å². The van der Waals surface area contributed by atoms with Crippen LogP contribution in [0.15, 0.2) is 42.0 Å². The van der Waals surface area contributed by atoms with Crippen LogP contribution in [0, 0.1) is 0 Å². The SMILES string of the molecule is O=C(Nc1cnccc1N1CCNCC1)c1csc(N2Cc3ccc(OC4CCNC4)cc3C2=O)n1. The van der Waals surface area contributed by atoms with Gasteiger partial charge in [0.1, 0.15) is 17.5 Å². The number of nitrogens with zero attached hydrogens (tertiary/aromatic N) is 4. The Morgan fingerprint density at radius 1 is 1.17 bits per heavy atom. The molecule has 5 heterocycles. The summed E-state index contributed by atoms with van der Waals surface area (Å²) in [7, 11) is 0. The van der Waals surface area contributed by atoms with E-state index in [9.17, 15) is 9.59 Å². The van der Waals surface area contributed by atoms with Crippen LogP contribution in [0.25, 0.3) is 0 Å². The number of hydrogen-bond acceptors (Lipinski definition) is 9. The zero-order valence-electron chi connectivity index (χ0n) is 19.7. The lowest BCUT2D eigenvalue weighted by Crippen LogP contribution is -2.43. The van der Waals surface area contributed by atoms with E-state index in [0.29, 0.717) is 28.7 Å². The Labute approximate surface area is 212 Å². The second kappa shape index (κ2) is 9.84. The quantitative estimate of drug-likeness (QED) is 0.467. The number of fused-ring (bicyclic) bond motifs is 1. The van der Waals surface area contributed by atoms with Gasteiger partial charge in [-0.3, -0.25) is 19.5 Å². The molecule has 0 spiro atoms. The Bertz CT molecular complexity index is 1280. The molecule has 3 N–H and O–H groups in total. The molecule has 1 aromatic carbocycles. The van der Waals surface area contributed by atoms with Gasteiger partial charge in [0.05, 0.1) is 24.1 Å². The molecule has 0 aliphatic carbocycles. The van der Waals surface area contributed by atoms with Crippen molar-refractivity contribution in [3.8, 4) is 5.75 Å². The third-order valence-electron chi connectivity index (χ3n) is 6.66. The first-order chi connectivity index (χ1) is 17.7. The maximum absolute atomic E-state index is 13.2. The summed E-state index contributed by atoms with van der Waals surface area (Å²) in [5.74, 6) is 0.245.